The molecule has 0 N–H and O–H groups in total. The van der Waals surface area contributed by atoms with Crippen molar-refractivity contribution in [1.82, 2.24) is 9.78 Å². The minimum Gasteiger partial charge on any atom is -0.369 e. The first-order valence-corrected chi connectivity index (χ1v) is 4.32. The first-order chi connectivity index (χ1) is 6.86. The summed E-state index contributed by atoms with van der Waals surface area (Å²) in [6.07, 6.45) is 0. The smallest absolute Gasteiger partial charge is 0.369 e. The molecule has 0 amide bonds. The fourth-order valence-electron chi connectivity index (χ4n) is 1.10. The second-order valence-corrected chi connectivity index (χ2v) is 3.44. The molecule has 82 valence electrons. The normalized spacial score (nSPS) is 10.1. The van der Waals surface area contributed by atoms with Crippen LogP contribution >= 0.6 is 11.6 Å². The van der Waals surface area contributed by atoms with E-state index in [4.69, 9.17) is 11.6 Å². The maximum Gasteiger partial charge on any atom is 0.413 e. The zero-order valence-electron chi connectivity index (χ0n) is 8.39. The molecule has 0 radical (unpaired) electrons. The molecule has 0 atom stereocenters. The third kappa shape index (κ3) is 1.91. The largest absolute Gasteiger partial charge is 0.413 e. The average molecular weight is 233 g/mol. The van der Waals surface area contributed by atoms with E-state index < -0.39 is 16.3 Å². The Labute approximate surface area is 90.0 Å². The number of aromatic nitrogens is 2. The second kappa shape index (κ2) is 3.85. The molecule has 1 heterocycles. The van der Waals surface area contributed by atoms with Crippen molar-refractivity contribution in [2.45, 2.75) is 0 Å². The molecule has 0 aliphatic heterocycles. The van der Waals surface area contributed by atoms with E-state index in [2.05, 4.69) is 5.10 Å². The Kier molecular flexibility index (Phi) is 2.94. The number of nitro groups is 1. The molecule has 0 saturated heterocycles. The van der Waals surface area contributed by atoms with E-state index in [9.17, 15) is 14.9 Å². The molecule has 0 aliphatic rings. The van der Waals surface area contributed by atoms with Gasteiger partial charge in [0.2, 0.25) is 0 Å². The summed E-state index contributed by atoms with van der Waals surface area (Å²) in [5.74, 6) is -0.438. The Balaban J connectivity index is 3.66. The van der Waals surface area contributed by atoms with Gasteiger partial charge in [0.25, 0.3) is 0 Å². The lowest BCUT2D eigenvalue weighted by molar-refractivity contribution is -0.389. The highest BCUT2D eigenvalue weighted by Crippen LogP contribution is 2.28. The van der Waals surface area contributed by atoms with Crippen LogP contribution in [0.15, 0.2) is 4.79 Å². The number of rotatable bonds is 2. The lowest BCUT2D eigenvalue weighted by Gasteiger charge is -2.12. The average Bonchev–Trinajstić information content (AvgIpc) is 2.12. The van der Waals surface area contributed by atoms with Crippen LogP contribution in [-0.4, -0.2) is 28.8 Å². The van der Waals surface area contributed by atoms with Gasteiger partial charge in [-0.05, 0) is 4.92 Å². The SMILES string of the molecule is CN(C)c1c([N+](=O)[O-])nn(C)c(=O)c1Cl. The van der Waals surface area contributed by atoms with Gasteiger partial charge in [-0.3, -0.25) is 4.79 Å². The Morgan fingerprint density at radius 3 is 2.47 bits per heavy atom. The summed E-state index contributed by atoms with van der Waals surface area (Å²) in [6.45, 7) is 0. The van der Waals surface area contributed by atoms with Gasteiger partial charge in [0.05, 0.1) is 12.1 Å². The molecule has 8 heteroatoms. The quantitative estimate of drug-likeness (QED) is 0.545. The third-order valence-electron chi connectivity index (χ3n) is 1.77. The van der Waals surface area contributed by atoms with Crippen LogP contribution in [0, 0.1) is 10.1 Å². The summed E-state index contributed by atoms with van der Waals surface area (Å²) in [4.78, 5) is 22.8. The topological polar surface area (TPSA) is 81.3 Å². The Morgan fingerprint density at radius 2 is 2.07 bits per heavy atom. The van der Waals surface area contributed by atoms with Crippen molar-refractivity contribution in [2.24, 2.45) is 7.05 Å². The second-order valence-electron chi connectivity index (χ2n) is 3.07. The number of hydrogen-bond acceptors (Lipinski definition) is 5. The van der Waals surface area contributed by atoms with E-state index in [1.165, 1.54) is 11.9 Å². The predicted octanol–water partition coefficient (Wildman–Crippen LogP) is 0.408. The highest BCUT2D eigenvalue weighted by atomic mass is 35.5. The summed E-state index contributed by atoms with van der Waals surface area (Å²) in [5, 5.41) is 14.0. The van der Waals surface area contributed by atoms with Crippen LogP contribution in [0.2, 0.25) is 5.02 Å². The minimum atomic E-state index is -0.680. The standard InChI is InChI=1S/C7H9ClN4O3/c1-10(2)5-4(8)7(13)11(3)9-6(5)12(14)15/h1-3H3. The molecule has 1 aromatic rings. The summed E-state index contributed by atoms with van der Waals surface area (Å²) >= 11 is 5.72. The van der Waals surface area contributed by atoms with E-state index in [0.29, 0.717) is 0 Å². The van der Waals surface area contributed by atoms with Crippen LogP contribution in [0.4, 0.5) is 11.5 Å². The van der Waals surface area contributed by atoms with Crippen LogP contribution in [0.5, 0.6) is 0 Å². The van der Waals surface area contributed by atoms with Gasteiger partial charge in [0.15, 0.2) is 5.69 Å². The molecule has 0 aliphatic carbocycles. The number of aryl methyl sites for hydroxylation is 1. The van der Waals surface area contributed by atoms with E-state index in [0.717, 1.165) is 4.68 Å². The van der Waals surface area contributed by atoms with Gasteiger partial charge < -0.3 is 15.0 Å². The first-order valence-electron chi connectivity index (χ1n) is 3.94. The van der Waals surface area contributed by atoms with E-state index in [1.54, 1.807) is 14.1 Å². The van der Waals surface area contributed by atoms with Gasteiger partial charge in [-0.1, -0.05) is 11.6 Å². The summed E-state index contributed by atoms with van der Waals surface area (Å²) < 4.78 is 0.841. The molecule has 7 nitrogen and oxygen atoms in total. The van der Waals surface area contributed by atoms with Crippen LogP contribution in [0.3, 0.4) is 0 Å². The minimum absolute atomic E-state index is 0.0183. The fourth-order valence-corrected chi connectivity index (χ4v) is 1.47. The van der Waals surface area contributed by atoms with E-state index in [1.807, 2.05) is 0 Å². The zero-order valence-corrected chi connectivity index (χ0v) is 9.15. The van der Waals surface area contributed by atoms with Crippen molar-refractivity contribution < 1.29 is 4.92 Å². The molecule has 1 aromatic heterocycles. The molecular formula is C7H9ClN4O3. The van der Waals surface area contributed by atoms with Gasteiger partial charge >= 0.3 is 11.4 Å². The Bertz CT molecular complexity index is 468. The van der Waals surface area contributed by atoms with Crippen LogP contribution < -0.4 is 10.5 Å². The number of halogens is 1. The van der Waals surface area contributed by atoms with Crippen molar-refractivity contribution >= 4 is 23.1 Å². The van der Waals surface area contributed by atoms with Crippen LogP contribution in [0.1, 0.15) is 0 Å². The van der Waals surface area contributed by atoms with Gasteiger partial charge in [0, 0.05) is 14.1 Å². The highest BCUT2D eigenvalue weighted by molar-refractivity contribution is 6.33. The maximum atomic E-state index is 11.4. The van der Waals surface area contributed by atoms with E-state index >= 15 is 0 Å². The van der Waals surface area contributed by atoms with Crippen LogP contribution in [-0.2, 0) is 7.05 Å². The van der Waals surface area contributed by atoms with Crippen LogP contribution in [0.25, 0.3) is 0 Å². The monoisotopic (exact) mass is 232 g/mol. The van der Waals surface area contributed by atoms with Crippen molar-refractivity contribution in [2.75, 3.05) is 19.0 Å². The molecule has 0 fully saturated rings. The Hall–Kier alpha value is -1.63. The fraction of sp³-hybridized carbons (Fsp3) is 0.429. The molecule has 0 spiro atoms. The number of hydrogen-bond donors (Lipinski definition) is 0. The first kappa shape index (κ1) is 11.4. The van der Waals surface area contributed by atoms with Crippen molar-refractivity contribution in [3.05, 3.63) is 25.5 Å². The lowest BCUT2D eigenvalue weighted by atomic mass is 10.4. The molecule has 1 rings (SSSR count). The highest BCUT2D eigenvalue weighted by Gasteiger charge is 2.25. The lowest BCUT2D eigenvalue weighted by Crippen LogP contribution is -2.25. The van der Waals surface area contributed by atoms with Crippen molar-refractivity contribution in [1.29, 1.82) is 0 Å². The summed E-state index contributed by atoms with van der Waals surface area (Å²) in [5.41, 5.74) is -0.546. The predicted molar refractivity (Wildman–Crippen MR) is 55.5 cm³/mol. The van der Waals surface area contributed by atoms with Crippen molar-refractivity contribution in [3.8, 4) is 0 Å². The van der Waals surface area contributed by atoms with Crippen molar-refractivity contribution in [3.63, 3.8) is 0 Å². The van der Waals surface area contributed by atoms with Gasteiger partial charge in [-0.15, -0.1) is 4.68 Å². The zero-order chi connectivity index (χ0) is 11.7. The van der Waals surface area contributed by atoms with E-state index in [-0.39, 0.29) is 10.7 Å². The number of nitrogens with zero attached hydrogens (tertiary/aromatic N) is 4. The molecule has 0 bridgehead atoms. The van der Waals surface area contributed by atoms with Gasteiger partial charge in [-0.25, -0.2) is 0 Å². The van der Waals surface area contributed by atoms with Gasteiger partial charge in [0.1, 0.15) is 5.02 Å². The summed E-state index contributed by atoms with van der Waals surface area (Å²) in [6, 6.07) is 0. The molecule has 0 saturated carbocycles. The summed E-state index contributed by atoms with van der Waals surface area (Å²) in [7, 11) is 4.41. The molecule has 0 unspecified atom stereocenters. The Morgan fingerprint density at radius 1 is 1.53 bits per heavy atom. The van der Waals surface area contributed by atoms with Gasteiger partial charge in [-0.2, -0.15) is 0 Å². The maximum absolute atomic E-state index is 11.4. The number of anilines is 1. The molecular weight excluding hydrogens is 224 g/mol. The molecule has 15 heavy (non-hydrogen) atoms. The molecule has 0 aromatic carbocycles. The third-order valence-corrected chi connectivity index (χ3v) is 2.11.